The minimum Gasteiger partial charge on any atom is -0.385 e. The number of methoxy groups -OCH3 is 1. The van der Waals surface area contributed by atoms with Crippen LogP contribution in [0.15, 0.2) is 12.5 Å². The van der Waals surface area contributed by atoms with Crippen LogP contribution in [-0.2, 0) is 11.8 Å². The second kappa shape index (κ2) is 6.00. The molecule has 1 aliphatic rings. The van der Waals surface area contributed by atoms with Crippen molar-refractivity contribution in [2.45, 2.75) is 19.3 Å². The van der Waals surface area contributed by atoms with E-state index >= 15 is 0 Å². The zero-order valence-corrected chi connectivity index (χ0v) is 11.1. The van der Waals surface area contributed by atoms with E-state index in [1.807, 2.05) is 11.9 Å². The maximum absolute atomic E-state index is 12.3. The van der Waals surface area contributed by atoms with Crippen molar-refractivity contribution in [3.63, 3.8) is 0 Å². The van der Waals surface area contributed by atoms with Gasteiger partial charge in [0.2, 0.25) is 0 Å². The number of aromatic nitrogens is 2. The number of likely N-dealkylation sites (tertiary alicyclic amines) is 1. The number of hydrogen-bond donors (Lipinski definition) is 0. The molecule has 1 aromatic rings. The van der Waals surface area contributed by atoms with E-state index < -0.39 is 0 Å². The third-order valence-corrected chi connectivity index (χ3v) is 3.57. The van der Waals surface area contributed by atoms with Gasteiger partial charge in [0.1, 0.15) is 5.69 Å². The highest BCUT2D eigenvalue weighted by atomic mass is 16.5. The average Bonchev–Trinajstić information content (AvgIpc) is 2.82. The van der Waals surface area contributed by atoms with E-state index in [2.05, 4.69) is 4.98 Å². The molecule has 0 N–H and O–H groups in total. The van der Waals surface area contributed by atoms with Crippen molar-refractivity contribution >= 4 is 5.91 Å². The molecule has 1 amide bonds. The van der Waals surface area contributed by atoms with Crippen LogP contribution in [-0.4, -0.2) is 47.2 Å². The van der Waals surface area contributed by atoms with Crippen LogP contribution in [0.2, 0.25) is 0 Å². The summed E-state index contributed by atoms with van der Waals surface area (Å²) in [4.78, 5) is 18.3. The molecule has 0 bridgehead atoms. The fourth-order valence-corrected chi connectivity index (χ4v) is 2.49. The van der Waals surface area contributed by atoms with Gasteiger partial charge in [0.15, 0.2) is 0 Å². The number of nitrogens with zero attached hydrogens (tertiary/aromatic N) is 3. The lowest BCUT2D eigenvalue weighted by atomic mass is 9.95. The Hall–Kier alpha value is -1.36. The molecule has 2 heterocycles. The summed E-state index contributed by atoms with van der Waals surface area (Å²) in [5.41, 5.74) is 0.669. The van der Waals surface area contributed by atoms with Crippen molar-refractivity contribution in [1.82, 2.24) is 14.5 Å². The third-order valence-electron chi connectivity index (χ3n) is 3.57. The summed E-state index contributed by atoms with van der Waals surface area (Å²) in [5, 5.41) is 0. The fraction of sp³-hybridized carbons (Fsp3) is 0.692. The molecule has 18 heavy (non-hydrogen) atoms. The summed E-state index contributed by atoms with van der Waals surface area (Å²) in [6.45, 7) is 2.47. The minimum absolute atomic E-state index is 0.0946. The van der Waals surface area contributed by atoms with E-state index in [4.69, 9.17) is 4.74 Å². The van der Waals surface area contributed by atoms with Crippen LogP contribution < -0.4 is 0 Å². The summed E-state index contributed by atoms with van der Waals surface area (Å²) in [7, 11) is 3.58. The predicted octanol–water partition coefficient (Wildman–Crippen LogP) is 1.31. The molecule has 1 aliphatic heterocycles. The normalized spacial score (nSPS) is 20.1. The van der Waals surface area contributed by atoms with Gasteiger partial charge in [-0.25, -0.2) is 4.98 Å². The standard InChI is InChI=1S/C13H21N3O2/c1-15-10-14-8-12(15)13(17)16-6-3-4-11(9-16)5-7-18-2/h8,10-11H,3-7,9H2,1-2H3/t11-/m1/s1. The molecule has 5 heteroatoms. The van der Waals surface area contributed by atoms with Gasteiger partial charge in [-0.15, -0.1) is 0 Å². The highest BCUT2D eigenvalue weighted by Gasteiger charge is 2.25. The molecule has 0 saturated carbocycles. The highest BCUT2D eigenvalue weighted by molar-refractivity contribution is 5.92. The smallest absolute Gasteiger partial charge is 0.272 e. The van der Waals surface area contributed by atoms with Crippen LogP contribution in [0.25, 0.3) is 0 Å². The molecule has 0 unspecified atom stereocenters. The summed E-state index contributed by atoms with van der Waals surface area (Å²) < 4.78 is 6.89. The van der Waals surface area contributed by atoms with Crippen LogP contribution in [0.5, 0.6) is 0 Å². The molecule has 0 aromatic carbocycles. The molecule has 1 fully saturated rings. The van der Waals surface area contributed by atoms with Crippen LogP contribution >= 0.6 is 0 Å². The quantitative estimate of drug-likeness (QED) is 0.810. The Bertz CT molecular complexity index is 403. The largest absolute Gasteiger partial charge is 0.385 e. The number of rotatable bonds is 4. The molecule has 0 aliphatic carbocycles. The average molecular weight is 251 g/mol. The van der Waals surface area contributed by atoms with Crippen molar-refractivity contribution < 1.29 is 9.53 Å². The predicted molar refractivity (Wildman–Crippen MR) is 68.3 cm³/mol. The monoisotopic (exact) mass is 251 g/mol. The van der Waals surface area contributed by atoms with Gasteiger partial charge in [-0.05, 0) is 25.2 Å². The second-order valence-corrected chi connectivity index (χ2v) is 4.93. The van der Waals surface area contributed by atoms with Crippen molar-refractivity contribution in [3.05, 3.63) is 18.2 Å². The van der Waals surface area contributed by atoms with Crippen LogP contribution in [0.1, 0.15) is 29.8 Å². The number of amides is 1. The van der Waals surface area contributed by atoms with Gasteiger partial charge >= 0.3 is 0 Å². The van der Waals surface area contributed by atoms with Crippen LogP contribution in [0.4, 0.5) is 0 Å². The molecule has 0 spiro atoms. The van der Waals surface area contributed by atoms with Gasteiger partial charge in [0, 0.05) is 33.9 Å². The number of imidazole rings is 1. The Labute approximate surface area is 108 Å². The summed E-state index contributed by atoms with van der Waals surface area (Å²) in [6.07, 6.45) is 6.61. The fourth-order valence-electron chi connectivity index (χ4n) is 2.49. The van der Waals surface area contributed by atoms with Gasteiger partial charge in [0.05, 0.1) is 12.5 Å². The first-order chi connectivity index (χ1) is 8.72. The van der Waals surface area contributed by atoms with Crippen molar-refractivity contribution in [2.24, 2.45) is 13.0 Å². The number of aryl methyl sites for hydroxylation is 1. The molecule has 100 valence electrons. The Morgan fingerprint density at radius 2 is 2.44 bits per heavy atom. The molecule has 1 saturated heterocycles. The van der Waals surface area contributed by atoms with Gasteiger partial charge in [-0.2, -0.15) is 0 Å². The zero-order valence-electron chi connectivity index (χ0n) is 11.1. The number of ether oxygens (including phenoxy) is 1. The SMILES string of the molecule is COCC[C@H]1CCCN(C(=O)c2cncn2C)C1. The van der Waals surface area contributed by atoms with Crippen LogP contribution in [0, 0.1) is 5.92 Å². The lowest BCUT2D eigenvalue weighted by molar-refractivity contribution is 0.0633. The van der Waals surface area contributed by atoms with Gasteiger partial charge in [0.25, 0.3) is 5.91 Å². The van der Waals surface area contributed by atoms with Crippen molar-refractivity contribution in [2.75, 3.05) is 26.8 Å². The van der Waals surface area contributed by atoms with E-state index in [-0.39, 0.29) is 5.91 Å². The van der Waals surface area contributed by atoms with Crippen molar-refractivity contribution in [1.29, 1.82) is 0 Å². The third kappa shape index (κ3) is 2.90. The maximum Gasteiger partial charge on any atom is 0.272 e. The highest BCUT2D eigenvalue weighted by Crippen LogP contribution is 2.21. The number of piperidine rings is 1. The molecular weight excluding hydrogens is 230 g/mol. The Balaban J connectivity index is 1.96. The first-order valence-electron chi connectivity index (χ1n) is 6.47. The summed E-state index contributed by atoms with van der Waals surface area (Å²) >= 11 is 0. The topological polar surface area (TPSA) is 47.4 Å². The van der Waals surface area contributed by atoms with E-state index in [9.17, 15) is 4.79 Å². The van der Waals surface area contributed by atoms with Gasteiger partial charge in [-0.3, -0.25) is 4.79 Å². The first-order valence-corrected chi connectivity index (χ1v) is 6.47. The Kier molecular flexibility index (Phi) is 4.36. The van der Waals surface area contributed by atoms with Gasteiger partial charge in [-0.1, -0.05) is 0 Å². The maximum atomic E-state index is 12.3. The summed E-state index contributed by atoms with van der Waals surface area (Å²) in [5.74, 6) is 0.660. The lowest BCUT2D eigenvalue weighted by Crippen LogP contribution is -2.40. The Morgan fingerprint density at radius 3 is 3.11 bits per heavy atom. The van der Waals surface area contributed by atoms with E-state index in [0.717, 1.165) is 32.5 Å². The molecule has 1 aromatic heterocycles. The Morgan fingerprint density at radius 1 is 1.61 bits per heavy atom. The lowest BCUT2D eigenvalue weighted by Gasteiger charge is -2.32. The molecule has 5 nitrogen and oxygen atoms in total. The van der Waals surface area contributed by atoms with E-state index in [1.54, 1.807) is 24.2 Å². The molecule has 0 radical (unpaired) electrons. The van der Waals surface area contributed by atoms with E-state index in [1.165, 1.54) is 6.42 Å². The molecular formula is C13H21N3O2. The van der Waals surface area contributed by atoms with Crippen LogP contribution in [0.3, 0.4) is 0 Å². The van der Waals surface area contributed by atoms with E-state index in [0.29, 0.717) is 11.6 Å². The molecule has 1 atom stereocenters. The number of carbonyl (C=O) groups is 1. The zero-order chi connectivity index (χ0) is 13.0. The number of carbonyl (C=O) groups excluding carboxylic acids is 1. The van der Waals surface area contributed by atoms with Gasteiger partial charge < -0.3 is 14.2 Å². The minimum atomic E-state index is 0.0946. The number of hydrogen-bond acceptors (Lipinski definition) is 3. The first kappa shape index (κ1) is 13.1. The van der Waals surface area contributed by atoms with Crippen molar-refractivity contribution in [3.8, 4) is 0 Å². The second-order valence-electron chi connectivity index (χ2n) is 4.93. The summed E-state index contributed by atoms with van der Waals surface area (Å²) in [6, 6.07) is 0. The molecule has 2 rings (SSSR count).